The molecule has 677 valence electrons. The summed E-state index contributed by atoms with van der Waals surface area (Å²) in [6.45, 7) is 20.1. The molecule has 5 nitrogen and oxygen atoms in total. The third-order valence-corrected chi connectivity index (χ3v) is 24.1. The highest BCUT2D eigenvalue weighted by atomic mass is 16.4. The number of aliphatic hydroxyl groups excluding tert-OH is 3. The largest absolute Gasteiger partial charge is 0.481 e. The molecular formula is C107H219O5. The third kappa shape index (κ3) is 135. The fourth-order valence-corrected chi connectivity index (χ4v) is 16.0. The van der Waals surface area contributed by atoms with E-state index in [1.807, 2.05) is 6.08 Å². The van der Waals surface area contributed by atoms with Gasteiger partial charge in [-0.3, -0.25) is 4.79 Å². The van der Waals surface area contributed by atoms with Crippen LogP contribution >= 0.6 is 0 Å². The molecule has 1 unspecified atom stereocenters. The van der Waals surface area contributed by atoms with Gasteiger partial charge in [-0.1, -0.05) is 606 Å². The average Bonchev–Trinajstić information content (AvgIpc) is 3.70. The zero-order chi connectivity index (χ0) is 82.5. The first kappa shape index (κ1) is 120. The minimum atomic E-state index is -0.674. The van der Waals surface area contributed by atoms with Crippen molar-refractivity contribution in [2.45, 2.75) is 638 Å². The second-order valence-electron chi connectivity index (χ2n) is 35.9. The lowest BCUT2D eigenvalue weighted by atomic mass is 10.0. The summed E-state index contributed by atoms with van der Waals surface area (Å²) in [5, 5.41) is 34.6. The van der Waals surface area contributed by atoms with Crippen molar-refractivity contribution < 1.29 is 25.2 Å². The number of rotatable bonds is 95. The summed E-state index contributed by atoms with van der Waals surface area (Å²) < 4.78 is 0. The standard InChI is InChI=1S/C32H66O.C29H60O.C27H56O.C11H20O2.C8H17/c1-2-3-4-5-6-7-8-9-10-11-12-13-14-15-16-17-18-19-20-21-22-23-24-25-26-27-28-29-30-31-32-33;1-2-3-4-5-6-7-8-9-10-11-12-13-14-15-16-17-18-19-20-21-22-23-24-25-26-27-28-29-30;1-2-3-4-5-6-7-8-9-10-11-12-13-14-15-16-17-18-19-20-21-22-23-24-25-26-27-28;1-2-3-4-5-6-7-8-9-10-11(12)13;1-4-6-7-8(3)5-2/h33H,2-32H2,1H3;30H,2-29H2,1H3;28H,2-27H2,1H3;2H,1,3-10H2,(H,12,13);8H,3-7H2,1-2H3. The van der Waals surface area contributed by atoms with Gasteiger partial charge in [0.15, 0.2) is 0 Å². The molecule has 112 heavy (non-hydrogen) atoms. The Morgan fingerprint density at radius 2 is 0.348 bits per heavy atom. The van der Waals surface area contributed by atoms with Crippen LogP contribution in [0.1, 0.15) is 638 Å². The molecule has 0 aromatic heterocycles. The van der Waals surface area contributed by atoms with E-state index in [4.69, 9.17) is 20.4 Å². The first-order valence-corrected chi connectivity index (χ1v) is 52.8. The van der Waals surface area contributed by atoms with Gasteiger partial charge in [0.1, 0.15) is 0 Å². The highest BCUT2D eigenvalue weighted by molar-refractivity contribution is 5.66. The predicted octanol–water partition coefficient (Wildman–Crippen LogP) is 38.4. The van der Waals surface area contributed by atoms with Gasteiger partial charge in [-0.05, 0) is 44.4 Å². The van der Waals surface area contributed by atoms with Crippen LogP contribution in [-0.4, -0.2) is 46.2 Å². The van der Waals surface area contributed by atoms with Crippen LogP contribution in [0.3, 0.4) is 0 Å². The maximum atomic E-state index is 10.2. The maximum absolute atomic E-state index is 10.2. The van der Waals surface area contributed by atoms with Gasteiger partial charge in [-0.15, -0.1) is 6.58 Å². The van der Waals surface area contributed by atoms with E-state index in [2.05, 4.69) is 48.1 Å². The Bertz CT molecular complexity index is 1410. The number of hydrogen-bond acceptors (Lipinski definition) is 4. The lowest BCUT2D eigenvalue weighted by Crippen LogP contribution is -1.93. The van der Waals surface area contributed by atoms with Crippen LogP contribution in [0.5, 0.6) is 0 Å². The minimum absolute atomic E-state index is 0.326. The summed E-state index contributed by atoms with van der Waals surface area (Å²) in [4.78, 5) is 10.2. The zero-order valence-corrected chi connectivity index (χ0v) is 78.9. The van der Waals surface area contributed by atoms with Crippen molar-refractivity contribution in [2.75, 3.05) is 19.8 Å². The molecule has 0 spiro atoms. The van der Waals surface area contributed by atoms with E-state index in [0.29, 0.717) is 32.2 Å². The lowest BCUT2D eigenvalue weighted by Gasteiger charge is -2.04. The summed E-state index contributed by atoms with van der Waals surface area (Å²) in [5.74, 6) is 0.0293. The van der Waals surface area contributed by atoms with Crippen LogP contribution in [0.2, 0.25) is 0 Å². The van der Waals surface area contributed by atoms with E-state index in [0.717, 1.165) is 38.5 Å². The van der Waals surface area contributed by atoms with Crippen LogP contribution in [0.15, 0.2) is 12.7 Å². The molecule has 0 heterocycles. The van der Waals surface area contributed by atoms with Gasteiger partial charge in [0.2, 0.25) is 0 Å². The van der Waals surface area contributed by atoms with Gasteiger partial charge < -0.3 is 20.4 Å². The van der Waals surface area contributed by atoms with E-state index < -0.39 is 5.97 Å². The smallest absolute Gasteiger partial charge is 0.303 e. The van der Waals surface area contributed by atoms with Crippen molar-refractivity contribution in [1.29, 1.82) is 0 Å². The minimum Gasteiger partial charge on any atom is -0.481 e. The van der Waals surface area contributed by atoms with Gasteiger partial charge in [0.05, 0.1) is 0 Å². The molecule has 0 aliphatic rings. The highest BCUT2D eigenvalue weighted by Crippen LogP contribution is 2.22. The number of carboxylic acids is 1. The molecule has 1 radical (unpaired) electrons. The third-order valence-electron chi connectivity index (χ3n) is 24.1. The molecule has 0 rings (SSSR count). The van der Waals surface area contributed by atoms with Crippen molar-refractivity contribution in [3.05, 3.63) is 19.6 Å². The molecule has 4 N–H and O–H groups in total. The van der Waals surface area contributed by atoms with Crippen LogP contribution in [0, 0.1) is 12.8 Å². The van der Waals surface area contributed by atoms with Gasteiger partial charge in [-0.2, -0.15) is 0 Å². The number of aliphatic carboxylic acids is 1. The Kier molecular flexibility index (Phi) is 132. The number of unbranched alkanes of at least 4 members (excludes halogenated alkanes) is 86. The van der Waals surface area contributed by atoms with Crippen molar-refractivity contribution in [3.63, 3.8) is 0 Å². The van der Waals surface area contributed by atoms with Gasteiger partial charge in [-0.25, -0.2) is 0 Å². The SMILES string of the molecule is C=CCCCCCCCCC(=O)O.CCCCCCCCCCCCCCCCCCCCCCCCCCCCCCCCO.CCCCCCCCCCCCCCCCCCCCCCCCCCCCCO.CCCCCCCCCCCCCCCCCCCCCCCCCCCO.[CH2]C(CC)CCCC. The Balaban J connectivity index is -0.000000452. The Labute approximate surface area is 710 Å². The van der Waals surface area contributed by atoms with Crippen LogP contribution in [0.25, 0.3) is 0 Å². The Morgan fingerprint density at radius 3 is 0.473 bits per heavy atom. The summed E-state index contributed by atoms with van der Waals surface area (Å²) >= 11 is 0. The number of carbonyl (C=O) groups is 1. The first-order valence-electron chi connectivity index (χ1n) is 52.8. The maximum Gasteiger partial charge on any atom is 0.303 e. The summed E-state index contributed by atoms with van der Waals surface area (Å²) in [6.07, 6.45) is 133. The quantitative estimate of drug-likeness (QED) is 0.0359. The molecule has 1 atom stereocenters. The fourth-order valence-electron chi connectivity index (χ4n) is 16.0. The molecule has 0 aromatic carbocycles. The number of hydrogen-bond donors (Lipinski definition) is 4. The normalized spacial score (nSPS) is 11.4. The van der Waals surface area contributed by atoms with Crippen molar-refractivity contribution >= 4 is 5.97 Å². The fraction of sp³-hybridized carbons (Fsp3) is 0.963. The molecule has 0 aromatic rings. The summed E-state index contributed by atoms with van der Waals surface area (Å²) in [6, 6.07) is 0. The van der Waals surface area contributed by atoms with Crippen molar-refractivity contribution in [1.82, 2.24) is 0 Å². The first-order chi connectivity index (χ1) is 55.3. The molecule has 0 saturated carbocycles. The molecule has 0 fully saturated rings. The van der Waals surface area contributed by atoms with Gasteiger partial charge in [0.25, 0.3) is 0 Å². The molecule has 0 saturated heterocycles. The second kappa shape index (κ2) is 123. The van der Waals surface area contributed by atoms with Gasteiger partial charge in [0, 0.05) is 26.2 Å². The Hall–Kier alpha value is -0.910. The van der Waals surface area contributed by atoms with Gasteiger partial charge >= 0.3 is 5.97 Å². The average molecular weight is 1590 g/mol. The summed E-state index contributed by atoms with van der Waals surface area (Å²) in [5.41, 5.74) is 0. The molecule has 0 aliphatic carbocycles. The van der Waals surface area contributed by atoms with Crippen molar-refractivity contribution in [2.24, 2.45) is 5.92 Å². The molecular weight excluding hydrogens is 1370 g/mol. The Morgan fingerprint density at radius 1 is 0.214 bits per heavy atom. The van der Waals surface area contributed by atoms with Crippen LogP contribution in [-0.2, 0) is 4.79 Å². The number of aliphatic hydroxyl groups is 3. The van der Waals surface area contributed by atoms with Crippen LogP contribution in [0.4, 0.5) is 0 Å². The second-order valence-corrected chi connectivity index (χ2v) is 35.9. The van der Waals surface area contributed by atoms with Crippen molar-refractivity contribution in [3.8, 4) is 0 Å². The molecule has 5 heteroatoms. The van der Waals surface area contributed by atoms with Crippen LogP contribution < -0.4 is 0 Å². The molecule has 0 bridgehead atoms. The molecule has 0 amide bonds. The number of allylic oxidation sites excluding steroid dienone is 1. The highest BCUT2D eigenvalue weighted by Gasteiger charge is 2.03. The predicted molar refractivity (Wildman–Crippen MR) is 510 cm³/mol. The van der Waals surface area contributed by atoms with E-state index in [1.54, 1.807) is 0 Å². The van der Waals surface area contributed by atoms with E-state index in [9.17, 15) is 4.79 Å². The van der Waals surface area contributed by atoms with E-state index in [-0.39, 0.29) is 0 Å². The van der Waals surface area contributed by atoms with E-state index >= 15 is 0 Å². The topological polar surface area (TPSA) is 98.0 Å². The zero-order valence-electron chi connectivity index (χ0n) is 78.9. The monoisotopic (exact) mass is 1580 g/mol. The van der Waals surface area contributed by atoms with E-state index in [1.165, 1.54) is 559 Å². The summed E-state index contributed by atoms with van der Waals surface area (Å²) in [7, 11) is 0. The molecule has 0 aliphatic heterocycles. The number of carboxylic acid groups (broad SMARTS) is 1. The lowest BCUT2D eigenvalue weighted by molar-refractivity contribution is -0.137.